The van der Waals surface area contributed by atoms with Gasteiger partial charge in [-0.05, 0) is 37.1 Å². The van der Waals surface area contributed by atoms with Gasteiger partial charge in [-0.25, -0.2) is 8.42 Å². The van der Waals surface area contributed by atoms with E-state index in [-0.39, 0.29) is 11.1 Å². The molecular weight excluding hydrogens is 350 g/mol. The third-order valence-electron chi connectivity index (χ3n) is 3.81. The van der Waals surface area contributed by atoms with Gasteiger partial charge in [-0.3, -0.25) is 4.98 Å². The Labute approximate surface area is 146 Å². The van der Waals surface area contributed by atoms with E-state index >= 15 is 0 Å². The standard InChI is InChI=1S/C16H18ClN3O3S/c1-11-3-12(2)5-14(4-11)24(21,22)20-8-13(9-20)10-23-16-7-18-6-15(17)19-16/h3-7,13H,8-10H2,1-2H3. The molecular formula is C16H18ClN3O3S. The topological polar surface area (TPSA) is 72.4 Å². The SMILES string of the molecule is Cc1cc(C)cc(S(=O)(=O)N2CC(COc3cncc(Cl)n3)C2)c1. The summed E-state index contributed by atoms with van der Waals surface area (Å²) in [5, 5.41) is 0.264. The predicted octanol–water partition coefficient (Wildman–Crippen LogP) is 2.45. The fraction of sp³-hybridized carbons (Fsp3) is 0.375. The summed E-state index contributed by atoms with van der Waals surface area (Å²) in [6.07, 6.45) is 2.91. The number of nitrogens with zero attached hydrogens (tertiary/aromatic N) is 3. The zero-order valence-corrected chi connectivity index (χ0v) is 15.0. The van der Waals surface area contributed by atoms with Crippen molar-refractivity contribution in [3.63, 3.8) is 0 Å². The molecule has 8 heteroatoms. The largest absolute Gasteiger partial charge is 0.476 e. The zero-order valence-electron chi connectivity index (χ0n) is 13.4. The molecule has 2 heterocycles. The average molecular weight is 368 g/mol. The van der Waals surface area contributed by atoms with Gasteiger partial charge >= 0.3 is 0 Å². The van der Waals surface area contributed by atoms with Crippen LogP contribution in [0.15, 0.2) is 35.5 Å². The minimum absolute atomic E-state index is 0.131. The summed E-state index contributed by atoms with van der Waals surface area (Å²) in [6.45, 7) is 5.04. The summed E-state index contributed by atoms with van der Waals surface area (Å²) in [7, 11) is -3.44. The molecule has 1 aliphatic rings. The van der Waals surface area contributed by atoms with E-state index in [1.807, 2.05) is 19.9 Å². The van der Waals surface area contributed by atoms with Gasteiger partial charge in [0.2, 0.25) is 15.9 Å². The first-order chi connectivity index (χ1) is 11.3. The number of hydrogen-bond donors (Lipinski definition) is 0. The molecule has 6 nitrogen and oxygen atoms in total. The van der Waals surface area contributed by atoms with E-state index in [0.717, 1.165) is 11.1 Å². The lowest BCUT2D eigenvalue weighted by Gasteiger charge is -2.37. The summed E-state index contributed by atoms with van der Waals surface area (Å²) in [5.74, 6) is 0.476. The molecule has 0 N–H and O–H groups in total. The monoisotopic (exact) mass is 367 g/mol. The number of aryl methyl sites for hydroxylation is 2. The third kappa shape index (κ3) is 3.68. The molecule has 0 amide bonds. The fourth-order valence-corrected chi connectivity index (χ4v) is 4.57. The number of sulfonamides is 1. The van der Waals surface area contributed by atoms with E-state index in [4.69, 9.17) is 16.3 Å². The van der Waals surface area contributed by atoms with Gasteiger partial charge in [-0.1, -0.05) is 17.7 Å². The zero-order chi connectivity index (χ0) is 17.3. The first-order valence-electron chi connectivity index (χ1n) is 7.53. The smallest absolute Gasteiger partial charge is 0.243 e. The summed E-state index contributed by atoms with van der Waals surface area (Å²) < 4.78 is 32.2. The van der Waals surface area contributed by atoms with Crippen LogP contribution in [0, 0.1) is 19.8 Å². The molecule has 0 spiro atoms. The highest BCUT2D eigenvalue weighted by molar-refractivity contribution is 7.89. The van der Waals surface area contributed by atoms with Crippen LogP contribution in [0.2, 0.25) is 5.15 Å². The highest BCUT2D eigenvalue weighted by atomic mass is 35.5. The number of aromatic nitrogens is 2. The van der Waals surface area contributed by atoms with E-state index in [9.17, 15) is 8.42 Å². The van der Waals surface area contributed by atoms with Crippen LogP contribution in [0.4, 0.5) is 0 Å². The van der Waals surface area contributed by atoms with Crippen LogP contribution in [0.5, 0.6) is 5.88 Å². The first kappa shape index (κ1) is 17.1. The Morgan fingerprint density at radius 2 is 1.88 bits per heavy atom. The molecule has 1 aromatic heterocycles. The lowest BCUT2D eigenvalue weighted by atomic mass is 10.1. The molecule has 0 bridgehead atoms. The Hall–Kier alpha value is -1.70. The van der Waals surface area contributed by atoms with Gasteiger partial charge in [0.1, 0.15) is 0 Å². The minimum Gasteiger partial charge on any atom is -0.476 e. The van der Waals surface area contributed by atoms with Crippen LogP contribution in [0.3, 0.4) is 0 Å². The van der Waals surface area contributed by atoms with Crippen molar-refractivity contribution in [1.29, 1.82) is 0 Å². The minimum atomic E-state index is -3.44. The maximum Gasteiger partial charge on any atom is 0.243 e. The molecule has 3 rings (SSSR count). The van der Waals surface area contributed by atoms with Crippen LogP contribution in [0.1, 0.15) is 11.1 Å². The first-order valence-corrected chi connectivity index (χ1v) is 9.35. The molecule has 24 heavy (non-hydrogen) atoms. The summed E-state index contributed by atoms with van der Waals surface area (Å²) in [6, 6.07) is 5.36. The van der Waals surface area contributed by atoms with Gasteiger partial charge in [-0.2, -0.15) is 9.29 Å². The lowest BCUT2D eigenvalue weighted by molar-refractivity contribution is 0.126. The Kier molecular flexibility index (Phi) is 4.76. The molecule has 2 aromatic rings. The molecule has 1 saturated heterocycles. The summed E-state index contributed by atoms with van der Waals surface area (Å²) in [4.78, 5) is 8.23. The van der Waals surface area contributed by atoms with Gasteiger partial charge in [-0.15, -0.1) is 0 Å². The van der Waals surface area contributed by atoms with E-state index in [1.54, 1.807) is 12.1 Å². The van der Waals surface area contributed by atoms with Crippen molar-refractivity contribution < 1.29 is 13.2 Å². The molecule has 0 unspecified atom stereocenters. The number of benzene rings is 1. The van der Waals surface area contributed by atoms with Crippen LogP contribution in [-0.2, 0) is 10.0 Å². The molecule has 0 aliphatic carbocycles. The quantitative estimate of drug-likeness (QED) is 0.811. The van der Waals surface area contributed by atoms with E-state index in [2.05, 4.69) is 9.97 Å². The highest BCUT2D eigenvalue weighted by Gasteiger charge is 2.37. The van der Waals surface area contributed by atoms with Crippen molar-refractivity contribution in [2.75, 3.05) is 19.7 Å². The van der Waals surface area contributed by atoms with Crippen LogP contribution in [0.25, 0.3) is 0 Å². The number of rotatable bonds is 5. The Balaban J connectivity index is 1.59. The summed E-state index contributed by atoms with van der Waals surface area (Å²) in [5.41, 5.74) is 1.88. The Bertz CT molecular complexity index is 831. The van der Waals surface area contributed by atoms with Gasteiger partial charge < -0.3 is 4.74 Å². The van der Waals surface area contributed by atoms with Crippen molar-refractivity contribution >= 4 is 21.6 Å². The van der Waals surface area contributed by atoms with Crippen molar-refractivity contribution in [3.05, 3.63) is 46.9 Å². The number of ether oxygens (including phenoxy) is 1. The van der Waals surface area contributed by atoms with Crippen LogP contribution >= 0.6 is 11.6 Å². The molecule has 0 atom stereocenters. The Morgan fingerprint density at radius 3 is 2.50 bits per heavy atom. The van der Waals surface area contributed by atoms with Gasteiger partial charge in [0.05, 0.1) is 23.9 Å². The van der Waals surface area contributed by atoms with Crippen molar-refractivity contribution in [2.45, 2.75) is 18.7 Å². The molecule has 1 fully saturated rings. The molecule has 1 aliphatic heterocycles. The normalized spacial score (nSPS) is 16.0. The average Bonchev–Trinajstić information content (AvgIpc) is 2.44. The molecule has 0 radical (unpaired) electrons. The van der Waals surface area contributed by atoms with Gasteiger partial charge in [0, 0.05) is 19.0 Å². The second-order valence-electron chi connectivity index (χ2n) is 6.00. The third-order valence-corrected chi connectivity index (χ3v) is 5.80. The predicted molar refractivity (Wildman–Crippen MR) is 90.7 cm³/mol. The Morgan fingerprint density at radius 1 is 1.21 bits per heavy atom. The molecule has 128 valence electrons. The van der Waals surface area contributed by atoms with E-state index in [1.165, 1.54) is 16.7 Å². The van der Waals surface area contributed by atoms with E-state index < -0.39 is 10.0 Å². The maximum atomic E-state index is 12.6. The van der Waals surface area contributed by atoms with Gasteiger partial charge in [0.25, 0.3) is 0 Å². The van der Waals surface area contributed by atoms with E-state index in [0.29, 0.717) is 30.5 Å². The van der Waals surface area contributed by atoms with Crippen LogP contribution < -0.4 is 4.74 Å². The maximum absolute atomic E-state index is 12.6. The number of hydrogen-bond acceptors (Lipinski definition) is 5. The molecule has 0 saturated carbocycles. The number of halogens is 1. The van der Waals surface area contributed by atoms with Crippen molar-refractivity contribution in [2.24, 2.45) is 5.92 Å². The van der Waals surface area contributed by atoms with Crippen molar-refractivity contribution in [1.82, 2.24) is 14.3 Å². The fourth-order valence-electron chi connectivity index (χ4n) is 2.65. The van der Waals surface area contributed by atoms with Gasteiger partial charge in [0.15, 0.2) is 5.15 Å². The van der Waals surface area contributed by atoms with Crippen molar-refractivity contribution in [3.8, 4) is 5.88 Å². The molecule has 1 aromatic carbocycles. The van der Waals surface area contributed by atoms with Crippen LogP contribution in [-0.4, -0.2) is 42.4 Å². The second-order valence-corrected chi connectivity index (χ2v) is 8.33. The highest BCUT2D eigenvalue weighted by Crippen LogP contribution is 2.26. The summed E-state index contributed by atoms with van der Waals surface area (Å²) >= 11 is 5.74. The second kappa shape index (κ2) is 6.66. The lowest BCUT2D eigenvalue weighted by Crippen LogP contribution is -2.51.